The van der Waals surface area contributed by atoms with Gasteiger partial charge in [-0.25, -0.2) is 0 Å². The minimum atomic E-state index is 0.190. The van der Waals surface area contributed by atoms with E-state index in [1.165, 1.54) is 16.7 Å². The number of hydrogen-bond donors (Lipinski definition) is 0. The molecule has 0 saturated carbocycles. The molecule has 2 aliphatic carbocycles. The highest BCUT2D eigenvalue weighted by Gasteiger charge is 2.42. The quantitative estimate of drug-likeness (QED) is 0.643. The molecule has 0 unspecified atom stereocenters. The zero-order chi connectivity index (χ0) is 16.0. The number of fused-ring (bicyclic) bond motifs is 3. The molecular weight excluding hydrogens is 292 g/mol. The maximum absolute atomic E-state index is 5.74. The molecule has 0 aromatic heterocycles. The van der Waals surface area contributed by atoms with Crippen molar-refractivity contribution >= 4 is 0 Å². The van der Waals surface area contributed by atoms with E-state index in [1.54, 1.807) is 11.1 Å². The van der Waals surface area contributed by atoms with E-state index in [1.807, 2.05) is 0 Å². The van der Waals surface area contributed by atoms with Crippen LogP contribution in [0.4, 0.5) is 0 Å². The first-order valence-corrected chi connectivity index (χ1v) is 9.02. The fourth-order valence-corrected chi connectivity index (χ4v) is 4.94. The van der Waals surface area contributed by atoms with E-state index in [0.29, 0.717) is 5.92 Å². The van der Waals surface area contributed by atoms with Crippen LogP contribution >= 0.6 is 0 Å². The minimum Gasteiger partial charge on any atom is -0.381 e. The predicted molar refractivity (Wildman–Crippen MR) is 98.2 cm³/mol. The van der Waals surface area contributed by atoms with Crippen molar-refractivity contribution in [2.24, 2.45) is 5.92 Å². The summed E-state index contributed by atoms with van der Waals surface area (Å²) >= 11 is 0. The molecule has 3 aliphatic rings. The van der Waals surface area contributed by atoms with Crippen LogP contribution in [0.3, 0.4) is 0 Å². The molecule has 2 aromatic rings. The number of benzene rings is 2. The van der Waals surface area contributed by atoms with Crippen molar-refractivity contribution in [3.8, 4) is 11.1 Å². The molecule has 5 rings (SSSR count). The maximum Gasteiger partial charge on any atom is 0.0474 e. The highest BCUT2D eigenvalue weighted by Crippen LogP contribution is 2.49. The number of hydrogen-bond acceptors (Lipinski definition) is 1. The van der Waals surface area contributed by atoms with Crippen LogP contribution < -0.4 is 0 Å². The van der Waals surface area contributed by atoms with Crippen LogP contribution in [-0.4, -0.2) is 13.2 Å². The summed E-state index contributed by atoms with van der Waals surface area (Å²) in [6.45, 7) is 1.74. The molecule has 2 aromatic carbocycles. The molecule has 0 atom stereocenters. The van der Waals surface area contributed by atoms with Gasteiger partial charge < -0.3 is 4.74 Å². The van der Waals surface area contributed by atoms with Crippen molar-refractivity contribution < 1.29 is 4.74 Å². The van der Waals surface area contributed by atoms with E-state index in [4.69, 9.17) is 4.74 Å². The summed E-state index contributed by atoms with van der Waals surface area (Å²) in [5.41, 5.74) is 7.64. The van der Waals surface area contributed by atoms with E-state index in [2.05, 4.69) is 66.8 Å². The average Bonchev–Trinajstić information content (AvgIpc) is 3.30. The fourth-order valence-electron chi connectivity index (χ4n) is 4.94. The Labute approximate surface area is 143 Å². The van der Waals surface area contributed by atoms with E-state index < -0.39 is 0 Å². The monoisotopic (exact) mass is 314 g/mol. The highest BCUT2D eigenvalue weighted by molar-refractivity contribution is 5.78. The van der Waals surface area contributed by atoms with Gasteiger partial charge in [0.05, 0.1) is 0 Å². The Morgan fingerprint density at radius 2 is 1.58 bits per heavy atom. The van der Waals surface area contributed by atoms with Gasteiger partial charge in [-0.2, -0.15) is 0 Å². The second-order valence-electron chi connectivity index (χ2n) is 7.23. The third-order valence-electron chi connectivity index (χ3n) is 6.16. The molecular formula is C23H22O. The van der Waals surface area contributed by atoms with Crippen LogP contribution in [-0.2, 0) is 16.6 Å². The Morgan fingerprint density at radius 1 is 0.833 bits per heavy atom. The summed E-state index contributed by atoms with van der Waals surface area (Å²) in [5, 5.41) is 0. The molecule has 1 aliphatic heterocycles. The van der Waals surface area contributed by atoms with E-state index in [-0.39, 0.29) is 5.41 Å². The first-order valence-electron chi connectivity index (χ1n) is 9.02. The predicted octanol–water partition coefficient (Wildman–Crippen LogP) is 5.05. The van der Waals surface area contributed by atoms with Crippen molar-refractivity contribution in [2.45, 2.75) is 24.7 Å². The zero-order valence-corrected chi connectivity index (χ0v) is 13.9. The molecule has 0 amide bonds. The molecule has 0 N–H and O–H groups in total. The summed E-state index contributed by atoms with van der Waals surface area (Å²) < 4.78 is 5.74. The van der Waals surface area contributed by atoms with Crippen LogP contribution in [0.5, 0.6) is 0 Å². The van der Waals surface area contributed by atoms with Gasteiger partial charge in [-0.3, -0.25) is 0 Å². The van der Waals surface area contributed by atoms with Crippen LogP contribution in [0.15, 0.2) is 66.8 Å². The molecule has 24 heavy (non-hydrogen) atoms. The second kappa shape index (κ2) is 5.46. The van der Waals surface area contributed by atoms with Gasteiger partial charge >= 0.3 is 0 Å². The largest absolute Gasteiger partial charge is 0.381 e. The van der Waals surface area contributed by atoms with Crippen LogP contribution in [0.1, 0.15) is 29.5 Å². The zero-order valence-electron chi connectivity index (χ0n) is 13.9. The molecule has 1 nitrogen and oxygen atoms in total. The summed E-state index contributed by atoms with van der Waals surface area (Å²) in [7, 11) is 0. The summed E-state index contributed by atoms with van der Waals surface area (Å²) in [6.07, 6.45) is 12.5. The SMILES string of the molecule is C1=CC(C2(c3cccc4c3Cc3ccccc3-4)CCOCC2)C=C1. The smallest absolute Gasteiger partial charge is 0.0474 e. The third kappa shape index (κ3) is 1.98. The van der Waals surface area contributed by atoms with Crippen molar-refractivity contribution in [3.05, 3.63) is 83.5 Å². The van der Waals surface area contributed by atoms with Crippen molar-refractivity contribution in [1.82, 2.24) is 0 Å². The number of ether oxygens (including phenoxy) is 1. The van der Waals surface area contributed by atoms with Gasteiger partial charge in [0.1, 0.15) is 0 Å². The van der Waals surface area contributed by atoms with Gasteiger partial charge in [-0.05, 0) is 47.1 Å². The fraction of sp³-hybridized carbons (Fsp3) is 0.304. The Bertz CT molecular complexity index is 825. The number of rotatable bonds is 2. The van der Waals surface area contributed by atoms with Gasteiger partial charge in [0, 0.05) is 24.5 Å². The summed E-state index contributed by atoms with van der Waals surface area (Å²) in [5.74, 6) is 0.497. The maximum atomic E-state index is 5.74. The summed E-state index contributed by atoms with van der Waals surface area (Å²) in [6, 6.07) is 15.8. The molecule has 0 bridgehead atoms. The van der Waals surface area contributed by atoms with Crippen LogP contribution in [0, 0.1) is 5.92 Å². The van der Waals surface area contributed by atoms with Gasteiger partial charge in [0.25, 0.3) is 0 Å². The number of allylic oxidation sites excluding steroid dienone is 4. The lowest BCUT2D eigenvalue weighted by Crippen LogP contribution is -2.40. The van der Waals surface area contributed by atoms with E-state index in [9.17, 15) is 0 Å². The van der Waals surface area contributed by atoms with E-state index >= 15 is 0 Å². The molecule has 1 saturated heterocycles. The molecule has 1 fully saturated rings. The first kappa shape index (κ1) is 14.2. The van der Waals surface area contributed by atoms with Crippen LogP contribution in [0.25, 0.3) is 11.1 Å². The van der Waals surface area contributed by atoms with Crippen molar-refractivity contribution in [2.75, 3.05) is 13.2 Å². The molecule has 1 heterocycles. The molecule has 120 valence electrons. The Morgan fingerprint density at radius 3 is 2.42 bits per heavy atom. The van der Waals surface area contributed by atoms with E-state index in [0.717, 1.165) is 32.5 Å². The molecule has 1 heteroatoms. The first-order chi connectivity index (χ1) is 11.9. The Kier molecular flexibility index (Phi) is 3.24. The third-order valence-corrected chi connectivity index (χ3v) is 6.16. The van der Waals surface area contributed by atoms with Crippen molar-refractivity contribution in [3.63, 3.8) is 0 Å². The topological polar surface area (TPSA) is 9.23 Å². The minimum absolute atomic E-state index is 0.190. The van der Waals surface area contributed by atoms with Gasteiger partial charge in [-0.15, -0.1) is 0 Å². The summed E-state index contributed by atoms with van der Waals surface area (Å²) in [4.78, 5) is 0. The Balaban J connectivity index is 1.69. The van der Waals surface area contributed by atoms with Crippen LogP contribution in [0.2, 0.25) is 0 Å². The van der Waals surface area contributed by atoms with Gasteiger partial charge in [0.15, 0.2) is 0 Å². The van der Waals surface area contributed by atoms with Gasteiger partial charge in [-0.1, -0.05) is 66.8 Å². The van der Waals surface area contributed by atoms with Gasteiger partial charge in [0.2, 0.25) is 0 Å². The van der Waals surface area contributed by atoms with Crippen molar-refractivity contribution in [1.29, 1.82) is 0 Å². The molecule has 0 spiro atoms. The second-order valence-corrected chi connectivity index (χ2v) is 7.23. The highest BCUT2D eigenvalue weighted by atomic mass is 16.5. The molecule has 0 radical (unpaired) electrons. The average molecular weight is 314 g/mol. The lowest BCUT2D eigenvalue weighted by atomic mass is 9.64. The Hall–Kier alpha value is -2.12. The lowest BCUT2D eigenvalue weighted by molar-refractivity contribution is 0.0408. The normalized spacial score (nSPS) is 21.0. The lowest BCUT2D eigenvalue weighted by Gasteiger charge is -2.42. The standard InChI is InChI=1S/C23H22O/c1-4-9-19-17(6-1)16-21-20(19)10-5-11-22(21)23(12-14-24-15-13-23)18-7-2-3-8-18/h1-11,18H,12-16H2.